The maximum Gasteiger partial charge on any atom is 0.241 e. The zero-order valence-corrected chi connectivity index (χ0v) is 15.9. The number of nitrogens with one attached hydrogen (secondary N) is 1. The van der Waals surface area contributed by atoms with Crippen LogP contribution in [0.25, 0.3) is 0 Å². The van der Waals surface area contributed by atoms with Gasteiger partial charge in [0.25, 0.3) is 0 Å². The summed E-state index contributed by atoms with van der Waals surface area (Å²) in [5.74, 6) is 0.358. The number of aromatic nitrogens is 3. The lowest BCUT2D eigenvalue weighted by Gasteiger charge is -2.23. The number of benzene rings is 2. The Labute approximate surface area is 168 Å². The summed E-state index contributed by atoms with van der Waals surface area (Å²) in [6, 6.07) is 14.5. The average molecular weight is 395 g/mol. The molecule has 1 aliphatic rings. The number of amides is 1. The molecule has 0 aliphatic carbocycles. The van der Waals surface area contributed by atoms with Gasteiger partial charge in [-0.3, -0.25) is 9.69 Å². The Hall–Kier alpha value is -3.26. The fraction of sp³-hybridized carbons (Fsp3) is 0.286. The largest absolute Gasteiger partial charge is 0.491 e. The van der Waals surface area contributed by atoms with Crippen LogP contribution < -0.4 is 10.1 Å². The van der Waals surface area contributed by atoms with Gasteiger partial charge in [-0.15, -0.1) is 5.10 Å². The number of rotatable bonds is 2. The summed E-state index contributed by atoms with van der Waals surface area (Å²) < 4.78 is 21.6. The molecule has 0 atom stereocenters. The molecule has 1 aromatic heterocycles. The van der Waals surface area contributed by atoms with Crippen LogP contribution in [0.3, 0.4) is 0 Å². The van der Waals surface area contributed by atoms with Crippen LogP contribution in [0.4, 0.5) is 4.39 Å². The van der Waals surface area contributed by atoms with E-state index in [0.29, 0.717) is 44.0 Å². The fourth-order valence-electron chi connectivity index (χ4n) is 3.32. The van der Waals surface area contributed by atoms with Gasteiger partial charge in [-0.1, -0.05) is 41.6 Å². The number of halogens is 1. The van der Waals surface area contributed by atoms with Crippen molar-refractivity contribution in [1.29, 1.82) is 0 Å². The maximum absolute atomic E-state index is 14.3. The summed E-state index contributed by atoms with van der Waals surface area (Å²) in [4.78, 5) is 14.1. The van der Waals surface area contributed by atoms with Gasteiger partial charge in [-0.25, -0.2) is 9.07 Å². The molecule has 29 heavy (non-hydrogen) atoms. The molecule has 2 bridgehead atoms. The number of carbonyl (C=O) groups is 1. The lowest BCUT2D eigenvalue weighted by molar-refractivity contribution is -0.121. The predicted octanol–water partition coefficient (Wildman–Crippen LogP) is 2.13. The van der Waals surface area contributed by atoms with Crippen molar-refractivity contribution in [2.45, 2.75) is 26.2 Å². The molecule has 3 aromatic rings. The van der Waals surface area contributed by atoms with Gasteiger partial charge in [0, 0.05) is 30.8 Å². The van der Waals surface area contributed by atoms with E-state index in [1.807, 2.05) is 30.3 Å². The maximum atomic E-state index is 14.3. The smallest absolute Gasteiger partial charge is 0.241 e. The Morgan fingerprint density at radius 1 is 1.07 bits per heavy atom. The Kier molecular flexibility index (Phi) is 5.81. The second-order valence-corrected chi connectivity index (χ2v) is 6.95. The summed E-state index contributed by atoms with van der Waals surface area (Å²) in [6.45, 7) is 2.28. The van der Waals surface area contributed by atoms with Gasteiger partial charge >= 0.3 is 0 Å². The van der Waals surface area contributed by atoms with Crippen molar-refractivity contribution < 1.29 is 13.9 Å². The van der Waals surface area contributed by atoms with Crippen LogP contribution in [0, 0.1) is 5.82 Å². The molecular formula is C21H22FN5O2. The van der Waals surface area contributed by atoms with E-state index in [1.165, 1.54) is 10.7 Å². The Morgan fingerprint density at radius 3 is 2.79 bits per heavy atom. The topological polar surface area (TPSA) is 72.3 Å². The Morgan fingerprint density at radius 2 is 1.90 bits per heavy atom. The number of nitrogens with zero attached hydrogens (tertiary/aromatic N) is 4. The summed E-state index contributed by atoms with van der Waals surface area (Å²) >= 11 is 0. The molecule has 150 valence electrons. The average Bonchev–Trinajstić information content (AvgIpc) is 3.14. The van der Waals surface area contributed by atoms with Crippen LogP contribution in [-0.2, 0) is 31.0 Å². The predicted molar refractivity (Wildman–Crippen MR) is 104 cm³/mol. The first-order chi connectivity index (χ1) is 14.2. The minimum Gasteiger partial charge on any atom is -0.491 e. The summed E-state index contributed by atoms with van der Waals surface area (Å²) in [7, 11) is 0. The van der Waals surface area contributed by atoms with E-state index >= 15 is 0 Å². The van der Waals surface area contributed by atoms with Gasteiger partial charge in [0.2, 0.25) is 5.91 Å². The molecule has 7 nitrogen and oxygen atoms in total. The van der Waals surface area contributed by atoms with Gasteiger partial charge < -0.3 is 10.1 Å². The van der Waals surface area contributed by atoms with Crippen LogP contribution in [-0.4, -0.2) is 39.0 Å². The van der Waals surface area contributed by atoms with Gasteiger partial charge in [-0.2, -0.15) is 0 Å². The zero-order chi connectivity index (χ0) is 20.1. The number of fused-ring (bicyclic) bond motifs is 3. The highest BCUT2D eigenvalue weighted by atomic mass is 19.1. The second-order valence-electron chi connectivity index (χ2n) is 6.95. The fourth-order valence-corrected chi connectivity index (χ4v) is 3.32. The summed E-state index contributed by atoms with van der Waals surface area (Å²) in [5.41, 5.74) is 2.31. The number of hydrogen-bond donors (Lipinski definition) is 1. The first-order valence-corrected chi connectivity index (χ1v) is 9.49. The lowest BCUT2D eigenvalue weighted by Crippen LogP contribution is -2.31. The van der Waals surface area contributed by atoms with Crippen LogP contribution in [0.5, 0.6) is 5.75 Å². The molecule has 0 saturated heterocycles. The molecule has 0 saturated carbocycles. The highest BCUT2D eigenvalue weighted by Gasteiger charge is 2.16. The molecule has 1 N–H and O–H groups in total. The Balaban J connectivity index is 1.64. The van der Waals surface area contributed by atoms with Crippen molar-refractivity contribution in [1.82, 2.24) is 25.2 Å². The molecule has 4 rings (SSSR count). The molecule has 0 fully saturated rings. The molecule has 0 unspecified atom stereocenters. The van der Waals surface area contributed by atoms with E-state index in [0.717, 1.165) is 11.3 Å². The quantitative estimate of drug-likeness (QED) is 0.720. The number of carbonyl (C=O) groups excluding carboxylic acids is 1. The third-order valence-electron chi connectivity index (χ3n) is 4.68. The summed E-state index contributed by atoms with van der Waals surface area (Å²) in [5, 5.41) is 11.0. The Bertz CT molecular complexity index is 990. The van der Waals surface area contributed by atoms with Crippen molar-refractivity contribution in [3.05, 3.63) is 77.4 Å². The first kappa shape index (κ1) is 19.1. The SMILES string of the molecule is O=C1Cn2cc(nn2)CN(Cc2ccccc2F)Cc2ccccc2OCCN1. The van der Waals surface area contributed by atoms with Crippen molar-refractivity contribution in [2.24, 2.45) is 0 Å². The molecule has 8 heteroatoms. The van der Waals surface area contributed by atoms with Crippen LogP contribution >= 0.6 is 0 Å². The van der Waals surface area contributed by atoms with E-state index in [9.17, 15) is 9.18 Å². The van der Waals surface area contributed by atoms with Crippen molar-refractivity contribution in [3.63, 3.8) is 0 Å². The monoisotopic (exact) mass is 395 g/mol. The van der Waals surface area contributed by atoms with E-state index in [-0.39, 0.29) is 18.3 Å². The molecule has 1 aliphatic heterocycles. The van der Waals surface area contributed by atoms with Gasteiger partial charge in [-0.05, 0) is 12.1 Å². The third kappa shape index (κ3) is 4.97. The highest BCUT2D eigenvalue weighted by molar-refractivity contribution is 5.75. The summed E-state index contributed by atoms with van der Waals surface area (Å²) in [6.07, 6.45) is 1.75. The van der Waals surface area contributed by atoms with Crippen LogP contribution in [0.2, 0.25) is 0 Å². The van der Waals surface area contributed by atoms with E-state index in [1.54, 1.807) is 18.3 Å². The second kappa shape index (κ2) is 8.83. The van der Waals surface area contributed by atoms with E-state index in [2.05, 4.69) is 20.5 Å². The van der Waals surface area contributed by atoms with Gasteiger partial charge in [0.05, 0.1) is 18.4 Å². The lowest BCUT2D eigenvalue weighted by atomic mass is 10.1. The zero-order valence-electron chi connectivity index (χ0n) is 15.9. The molecule has 2 heterocycles. The number of ether oxygens (including phenoxy) is 1. The molecule has 0 radical (unpaired) electrons. The first-order valence-electron chi connectivity index (χ1n) is 9.49. The minimum atomic E-state index is -0.239. The third-order valence-corrected chi connectivity index (χ3v) is 4.68. The molecule has 2 aromatic carbocycles. The van der Waals surface area contributed by atoms with Gasteiger partial charge in [0.1, 0.15) is 24.7 Å². The molecular weight excluding hydrogens is 373 g/mol. The van der Waals surface area contributed by atoms with E-state index in [4.69, 9.17) is 4.74 Å². The highest BCUT2D eigenvalue weighted by Crippen LogP contribution is 2.22. The molecule has 0 spiro atoms. The van der Waals surface area contributed by atoms with Crippen molar-refractivity contribution in [3.8, 4) is 5.75 Å². The molecule has 1 amide bonds. The number of para-hydroxylation sites is 1. The minimum absolute atomic E-state index is 0.0941. The van der Waals surface area contributed by atoms with Crippen LogP contribution in [0.15, 0.2) is 54.7 Å². The normalized spacial score (nSPS) is 15.7. The van der Waals surface area contributed by atoms with Crippen molar-refractivity contribution >= 4 is 5.91 Å². The van der Waals surface area contributed by atoms with Crippen LogP contribution in [0.1, 0.15) is 16.8 Å². The van der Waals surface area contributed by atoms with Crippen molar-refractivity contribution in [2.75, 3.05) is 13.2 Å². The standard InChI is InChI=1S/C21H22FN5O2/c22-19-7-3-1-5-16(19)11-26-12-17-6-2-4-8-20(17)29-10-9-23-21(28)15-27-14-18(13-26)24-25-27/h1-8,14H,9-13,15H2,(H,23,28). The number of hydrogen-bond acceptors (Lipinski definition) is 5. The van der Waals surface area contributed by atoms with Gasteiger partial charge in [0.15, 0.2) is 0 Å². The van der Waals surface area contributed by atoms with E-state index < -0.39 is 0 Å².